The van der Waals surface area contributed by atoms with Gasteiger partial charge in [0, 0.05) is 20.1 Å². The van der Waals surface area contributed by atoms with Gasteiger partial charge >= 0.3 is 0 Å². The molecule has 2 N–H and O–H groups in total. The van der Waals surface area contributed by atoms with Crippen molar-refractivity contribution in [3.05, 3.63) is 59.7 Å². The number of ether oxygens (including phenoxy) is 3. The number of hydrogen-bond acceptors (Lipinski definition) is 4. The highest BCUT2D eigenvalue weighted by Gasteiger charge is 2.07. The minimum Gasteiger partial charge on any atom is -0.493 e. The average molecular weight is 527 g/mol. The zero-order valence-corrected chi connectivity index (χ0v) is 20.6. The Bertz CT molecular complexity index is 757. The first-order valence-corrected chi connectivity index (χ1v) is 9.93. The topological polar surface area (TPSA) is 64.1 Å². The Morgan fingerprint density at radius 1 is 0.967 bits per heavy atom. The number of halogens is 1. The summed E-state index contributed by atoms with van der Waals surface area (Å²) in [4.78, 5) is 4.29. The second-order valence-electron chi connectivity index (χ2n) is 6.93. The molecule has 2 aromatic rings. The minimum atomic E-state index is 0. The van der Waals surface area contributed by atoms with Crippen LogP contribution in [0, 0.1) is 5.92 Å². The molecular formula is C23H34IN3O3. The third-order valence-electron chi connectivity index (χ3n) is 4.51. The van der Waals surface area contributed by atoms with E-state index in [0.29, 0.717) is 19.1 Å². The molecule has 0 aliphatic carbocycles. The van der Waals surface area contributed by atoms with Gasteiger partial charge in [-0.25, -0.2) is 0 Å². The van der Waals surface area contributed by atoms with E-state index in [-0.39, 0.29) is 24.0 Å². The Kier molecular flexibility index (Phi) is 12.9. The van der Waals surface area contributed by atoms with Crippen molar-refractivity contribution in [3.63, 3.8) is 0 Å². The fraction of sp³-hybridized carbons (Fsp3) is 0.435. The molecule has 2 rings (SSSR count). The molecule has 0 aliphatic rings. The van der Waals surface area contributed by atoms with Gasteiger partial charge in [0.1, 0.15) is 0 Å². The lowest BCUT2D eigenvalue weighted by Gasteiger charge is -2.16. The highest BCUT2D eigenvalue weighted by Crippen LogP contribution is 2.27. The number of rotatable bonds is 11. The van der Waals surface area contributed by atoms with E-state index in [1.807, 2.05) is 36.4 Å². The number of guanidine groups is 1. The van der Waals surface area contributed by atoms with Crippen LogP contribution in [0.2, 0.25) is 0 Å². The minimum absolute atomic E-state index is 0. The first kappa shape index (κ1) is 26.0. The maximum absolute atomic E-state index is 5.80. The third-order valence-corrected chi connectivity index (χ3v) is 4.51. The second-order valence-corrected chi connectivity index (χ2v) is 6.93. The molecule has 2 aromatic carbocycles. The number of methoxy groups -OCH3 is 2. The van der Waals surface area contributed by atoms with Crippen LogP contribution in [0.4, 0.5) is 0 Å². The summed E-state index contributed by atoms with van der Waals surface area (Å²) in [7, 11) is 5.07. The van der Waals surface area contributed by atoms with Crippen molar-refractivity contribution >= 4 is 29.9 Å². The quantitative estimate of drug-likeness (QED) is 0.264. The van der Waals surface area contributed by atoms with E-state index in [0.717, 1.165) is 37.0 Å². The fourth-order valence-electron chi connectivity index (χ4n) is 2.86. The molecule has 0 saturated carbocycles. The SMILES string of the molecule is CN=C(NCCc1ccc(OC)c(OC)c1)NCC(C)COCc1ccccc1.I. The van der Waals surface area contributed by atoms with Gasteiger partial charge in [0.2, 0.25) is 0 Å². The largest absolute Gasteiger partial charge is 0.493 e. The van der Waals surface area contributed by atoms with E-state index in [2.05, 4.69) is 34.7 Å². The van der Waals surface area contributed by atoms with Crippen molar-refractivity contribution < 1.29 is 14.2 Å². The summed E-state index contributed by atoms with van der Waals surface area (Å²) in [5, 5.41) is 6.71. The van der Waals surface area contributed by atoms with Gasteiger partial charge in [-0.1, -0.05) is 43.3 Å². The molecule has 0 aliphatic heterocycles. The molecule has 0 aromatic heterocycles. The van der Waals surface area contributed by atoms with Gasteiger partial charge in [0.15, 0.2) is 17.5 Å². The Morgan fingerprint density at radius 3 is 2.37 bits per heavy atom. The second kappa shape index (κ2) is 14.9. The Hall–Kier alpha value is -2.00. The van der Waals surface area contributed by atoms with E-state index in [1.165, 1.54) is 11.1 Å². The molecule has 7 heteroatoms. The molecule has 0 bridgehead atoms. The van der Waals surface area contributed by atoms with Crippen molar-refractivity contribution in [3.8, 4) is 11.5 Å². The molecule has 0 fully saturated rings. The van der Waals surface area contributed by atoms with Crippen molar-refractivity contribution in [1.82, 2.24) is 10.6 Å². The summed E-state index contributed by atoms with van der Waals surface area (Å²) in [6.45, 7) is 5.07. The van der Waals surface area contributed by atoms with Crippen LogP contribution in [0.3, 0.4) is 0 Å². The normalized spacial score (nSPS) is 11.9. The zero-order valence-electron chi connectivity index (χ0n) is 18.3. The predicted octanol–water partition coefficient (Wildman–Crippen LogP) is 3.88. The summed E-state index contributed by atoms with van der Waals surface area (Å²) in [6.07, 6.45) is 0.858. The number of hydrogen-bond donors (Lipinski definition) is 2. The van der Waals surface area contributed by atoms with E-state index in [9.17, 15) is 0 Å². The van der Waals surface area contributed by atoms with Crippen molar-refractivity contribution in [2.24, 2.45) is 10.9 Å². The molecule has 6 nitrogen and oxygen atoms in total. The lowest BCUT2D eigenvalue weighted by atomic mass is 10.1. The van der Waals surface area contributed by atoms with Crippen molar-refractivity contribution in [1.29, 1.82) is 0 Å². The molecule has 166 valence electrons. The van der Waals surface area contributed by atoms with E-state index in [1.54, 1.807) is 21.3 Å². The van der Waals surface area contributed by atoms with E-state index in [4.69, 9.17) is 14.2 Å². The number of nitrogens with one attached hydrogen (secondary N) is 2. The van der Waals surface area contributed by atoms with Crippen LogP contribution < -0.4 is 20.1 Å². The lowest BCUT2D eigenvalue weighted by molar-refractivity contribution is 0.0931. The summed E-state index contributed by atoms with van der Waals surface area (Å²) < 4.78 is 16.4. The van der Waals surface area contributed by atoms with Gasteiger partial charge in [-0.3, -0.25) is 4.99 Å². The first-order valence-electron chi connectivity index (χ1n) is 9.93. The molecule has 30 heavy (non-hydrogen) atoms. The number of nitrogens with zero attached hydrogens (tertiary/aromatic N) is 1. The summed E-state index contributed by atoms with van der Waals surface area (Å²) >= 11 is 0. The highest BCUT2D eigenvalue weighted by atomic mass is 127. The van der Waals surface area contributed by atoms with Crippen LogP contribution in [0.25, 0.3) is 0 Å². The molecule has 0 radical (unpaired) electrons. The predicted molar refractivity (Wildman–Crippen MR) is 133 cm³/mol. The third kappa shape index (κ3) is 9.21. The van der Waals surface area contributed by atoms with Gasteiger partial charge in [0.05, 0.1) is 27.4 Å². The van der Waals surface area contributed by atoms with Crippen LogP contribution in [-0.4, -0.2) is 46.9 Å². The van der Waals surface area contributed by atoms with Gasteiger partial charge in [0.25, 0.3) is 0 Å². The summed E-state index contributed by atoms with van der Waals surface area (Å²) in [5.41, 5.74) is 2.37. The van der Waals surface area contributed by atoms with Crippen LogP contribution in [-0.2, 0) is 17.8 Å². The molecular weight excluding hydrogens is 493 g/mol. The molecule has 0 spiro atoms. The number of benzene rings is 2. The molecule has 0 heterocycles. The number of aliphatic imine (C=N–C) groups is 1. The smallest absolute Gasteiger partial charge is 0.190 e. The highest BCUT2D eigenvalue weighted by molar-refractivity contribution is 14.0. The molecule has 0 amide bonds. The van der Waals surface area contributed by atoms with Crippen molar-refractivity contribution in [2.75, 3.05) is 41.0 Å². The fourth-order valence-corrected chi connectivity index (χ4v) is 2.86. The maximum atomic E-state index is 5.80. The van der Waals surface area contributed by atoms with E-state index >= 15 is 0 Å². The van der Waals surface area contributed by atoms with Crippen molar-refractivity contribution in [2.45, 2.75) is 20.0 Å². The van der Waals surface area contributed by atoms with Crippen LogP contribution in [0.5, 0.6) is 11.5 Å². The Labute approximate surface area is 197 Å². The standard InChI is InChI=1S/C23H33N3O3.HI/c1-18(16-29-17-20-8-6-5-7-9-20)15-26-23(24-2)25-13-12-19-10-11-21(27-3)22(14-19)28-4;/h5-11,14,18H,12-13,15-17H2,1-4H3,(H2,24,25,26);1H. The molecule has 0 saturated heterocycles. The summed E-state index contributed by atoms with van der Waals surface area (Å²) in [6, 6.07) is 16.2. The van der Waals surface area contributed by atoms with E-state index < -0.39 is 0 Å². The van der Waals surface area contributed by atoms with Gasteiger partial charge in [-0.15, -0.1) is 24.0 Å². The summed E-state index contributed by atoms with van der Waals surface area (Å²) in [5.74, 6) is 2.66. The lowest BCUT2D eigenvalue weighted by Crippen LogP contribution is -2.40. The monoisotopic (exact) mass is 527 g/mol. The van der Waals surface area contributed by atoms with Crippen LogP contribution >= 0.6 is 24.0 Å². The first-order chi connectivity index (χ1) is 14.2. The van der Waals surface area contributed by atoms with Gasteiger partial charge in [-0.2, -0.15) is 0 Å². The Balaban J connectivity index is 0.00000450. The maximum Gasteiger partial charge on any atom is 0.190 e. The van der Waals surface area contributed by atoms with Gasteiger partial charge in [-0.05, 0) is 35.6 Å². The molecule has 1 atom stereocenters. The average Bonchev–Trinajstić information content (AvgIpc) is 2.76. The zero-order chi connectivity index (χ0) is 20.9. The van der Waals surface area contributed by atoms with Crippen LogP contribution in [0.1, 0.15) is 18.1 Å². The Morgan fingerprint density at radius 2 is 1.70 bits per heavy atom. The molecule has 1 unspecified atom stereocenters. The van der Waals surface area contributed by atoms with Crippen LogP contribution in [0.15, 0.2) is 53.5 Å². The van der Waals surface area contributed by atoms with Gasteiger partial charge < -0.3 is 24.8 Å².